The Kier molecular flexibility index (Phi) is 5.46. The number of hydrogen-bond acceptors (Lipinski definition) is 7. The molecule has 8 nitrogen and oxygen atoms in total. The Hall–Kier alpha value is -2.48. The molecule has 27 heavy (non-hydrogen) atoms. The van der Waals surface area contributed by atoms with Crippen molar-refractivity contribution in [3.63, 3.8) is 0 Å². The number of nitrogens with zero attached hydrogens (tertiary/aromatic N) is 5. The Morgan fingerprint density at radius 3 is 2.67 bits per heavy atom. The van der Waals surface area contributed by atoms with Crippen LogP contribution < -0.4 is 4.90 Å². The minimum atomic E-state index is -0.293. The van der Waals surface area contributed by atoms with Crippen LogP contribution in [-0.4, -0.2) is 46.1 Å². The van der Waals surface area contributed by atoms with E-state index in [-0.39, 0.29) is 16.0 Å². The minimum Gasteiger partial charge on any atom is -0.365 e. The molecule has 146 valence electrons. The van der Waals surface area contributed by atoms with Crippen molar-refractivity contribution in [2.24, 2.45) is 0 Å². The minimum absolute atomic E-state index is 0.161. The van der Waals surface area contributed by atoms with Crippen molar-refractivity contribution in [1.82, 2.24) is 15.0 Å². The molecule has 0 unspecified atom stereocenters. The Morgan fingerprint density at radius 2 is 2.00 bits per heavy atom. The first-order chi connectivity index (χ1) is 12.7. The summed E-state index contributed by atoms with van der Waals surface area (Å²) in [5, 5.41) is 15.5. The lowest BCUT2D eigenvalue weighted by molar-refractivity contribution is -0.384. The summed E-state index contributed by atoms with van der Waals surface area (Å²) < 4.78 is 5.37. The van der Waals surface area contributed by atoms with Crippen molar-refractivity contribution >= 4 is 11.4 Å². The van der Waals surface area contributed by atoms with E-state index < -0.39 is 0 Å². The lowest BCUT2D eigenvalue weighted by Gasteiger charge is -2.23. The van der Waals surface area contributed by atoms with Crippen molar-refractivity contribution in [3.05, 3.63) is 45.6 Å². The van der Waals surface area contributed by atoms with Gasteiger partial charge >= 0.3 is 0 Å². The van der Waals surface area contributed by atoms with Gasteiger partial charge in [-0.1, -0.05) is 32.0 Å². The molecule has 2 heterocycles. The van der Waals surface area contributed by atoms with Crippen molar-refractivity contribution in [3.8, 4) is 0 Å². The summed E-state index contributed by atoms with van der Waals surface area (Å²) in [6.45, 7) is 11.8. The van der Waals surface area contributed by atoms with Crippen LogP contribution in [0.4, 0.5) is 11.4 Å². The van der Waals surface area contributed by atoms with E-state index >= 15 is 0 Å². The molecule has 3 rings (SSSR count). The Bertz CT molecular complexity index is 812. The van der Waals surface area contributed by atoms with E-state index in [9.17, 15) is 10.1 Å². The van der Waals surface area contributed by atoms with E-state index in [2.05, 4.69) is 19.9 Å². The number of nitro benzene ring substituents is 1. The standard InChI is InChI=1S/C19H27N5O3/c1-14-6-7-15(16(12-14)24(25)26)23-9-5-8-22(10-11-23)13-17-20-18(27-21-17)19(2,3)4/h6-7,12H,5,8-11,13H2,1-4H3. The first kappa shape index (κ1) is 19.3. The van der Waals surface area contributed by atoms with E-state index in [4.69, 9.17) is 4.52 Å². The zero-order valence-electron chi connectivity index (χ0n) is 16.4. The van der Waals surface area contributed by atoms with Gasteiger partial charge in [0.05, 0.1) is 11.5 Å². The molecule has 0 amide bonds. The molecule has 1 fully saturated rings. The number of nitro groups is 1. The highest BCUT2D eigenvalue weighted by atomic mass is 16.6. The van der Waals surface area contributed by atoms with Gasteiger partial charge in [0.2, 0.25) is 5.89 Å². The Labute approximate surface area is 159 Å². The molecule has 0 spiro atoms. The quantitative estimate of drug-likeness (QED) is 0.600. The summed E-state index contributed by atoms with van der Waals surface area (Å²) in [5.74, 6) is 1.33. The third kappa shape index (κ3) is 4.63. The van der Waals surface area contributed by atoms with E-state index in [1.807, 2.05) is 39.8 Å². The number of aryl methyl sites for hydroxylation is 1. The van der Waals surface area contributed by atoms with Gasteiger partial charge in [0.1, 0.15) is 5.69 Å². The maximum Gasteiger partial charge on any atom is 0.292 e. The lowest BCUT2D eigenvalue weighted by Crippen LogP contribution is -2.31. The van der Waals surface area contributed by atoms with Gasteiger partial charge in [0.15, 0.2) is 5.82 Å². The topological polar surface area (TPSA) is 88.5 Å². The first-order valence-corrected chi connectivity index (χ1v) is 9.29. The average molecular weight is 373 g/mol. The fourth-order valence-corrected chi connectivity index (χ4v) is 3.24. The predicted octanol–water partition coefficient (Wildman–Crippen LogP) is 3.30. The van der Waals surface area contributed by atoms with Crippen molar-refractivity contribution in [1.29, 1.82) is 0 Å². The average Bonchev–Trinajstić information content (AvgIpc) is 2.95. The molecule has 0 N–H and O–H groups in total. The smallest absolute Gasteiger partial charge is 0.292 e. The zero-order chi connectivity index (χ0) is 19.6. The molecule has 1 aliphatic rings. The molecule has 0 saturated carbocycles. The summed E-state index contributed by atoms with van der Waals surface area (Å²) in [7, 11) is 0. The van der Waals surface area contributed by atoms with Gasteiger partial charge in [0, 0.05) is 37.7 Å². The summed E-state index contributed by atoms with van der Waals surface area (Å²) in [5.41, 5.74) is 1.61. The lowest BCUT2D eigenvalue weighted by atomic mass is 9.97. The monoisotopic (exact) mass is 373 g/mol. The van der Waals surface area contributed by atoms with Gasteiger partial charge in [-0.25, -0.2) is 0 Å². The number of benzene rings is 1. The van der Waals surface area contributed by atoms with E-state index in [0.29, 0.717) is 23.9 Å². The van der Waals surface area contributed by atoms with Crippen LogP contribution >= 0.6 is 0 Å². The van der Waals surface area contributed by atoms with Gasteiger partial charge < -0.3 is 9.42 Å². The van der Waals surface area contributed by atoms with Gasteiger partial charge in [-0.15, -0.1) is 0 Å². The van der Waals surface area contributed by atoms with Crippen LogP contribution in [0, 0.1) is 17.0 Å². The van der Waals surface area contributed by atoms with E-state index in [1.54, 1.807) is 6.07 Å². The molecule has 0 atom stereocenters. The Morgan fingerprint density at radius 1 is 1.22 bits per heavy atom. The number of hydrogen-bond donors (Lipinski definition) is 0. The Balaban J connectivity index is 1.68. The zero-order valence-corrected chi connectivity index (χ0v) is 16.4. The number of anilines is 1. The summed E-state index contributed by atoms with van der Waals surface area (Å²) in [6.07, 6.45) is 0.926. The number of aromatic nitrogens is 2. The van der Waals surface area contributed by atoms with Crippen molar-refractivity contribution in [2.75, 3.05) is 31.1 Å². The van der Waals surface area contributed by atoms with Crippen LogP contribution in [0.25, 0.3) is 0 Å². The normalized spacial score (nSPS) is 16.4. The van der Waals surface area contributed by atoms with Crippen LogP contribution in [0.2, 0.25) is 0 Å². The van der Waals surface area contributed by atoms with Crippen molar-refractivity contribution in [2.45, 2.75) is 46.1 Å². The molecule has 0 bridgehead atoms. The molecule has 1 aliphatic heterocycles. The van der Waals surface area contributed by atoms with Gasteiger partial charge in [-0.2, -0.15) is 4.98 Å². The van der Waals surface area contributed by atoms with Gasteiger partial charge in [-0.3, -0.25) is 15.0 Å². The van der Waals surface area contributed by atoms with Gasteiger partial charge in [0.25, 0.3) is 5.69 Å². The molecule has 1 saturated heterocycles. The summed E-state index contributed by atoms with van der Waals surface area (Å²) >= 11 is 0. The highest BCUT2D eigenvalue weighted by molar-refractivity contribution is 5.64. The fraction of sp³-hybridized carbons (Fsp3) is 0.579. The third-order valence-corrected chi connectivity index (χ3v) is 4.73. The molecular formula is C19H27N5O3. The van der Waals surface area contributed by atoms with Crippen LogP contribution in [-0.2, 0) is 12.0 Å². The third-order valence-electron chi connectivity index (χ3n) is 4.73. The van der Waals surface area contributed by atoms with E-state index in [1.165, 1.54) is 0 Å². The van der Waals surface area contributed by atoms with E-state index in [0.717, 1.165) is 38.2 Å². The maximum atomic E-state index is 11.4. The molecule has 1 aromatic heterocycles. The maximum absolute atomic E-state index is 11.4. The second-order valence-electron chi connectivity index (χ2n) is 8.13. The largest absolute Gasteiger partial charge is 0.365 e. The summed E-state index contributed by atoms with van der Waals surface area (Å²) in [6, 6.07) is 5.43. The molecule has 0 aliphatic carbocycles. The summed E-state index contributed by atoms with van der Waals surface area (Å²) in [4.78, 5) is 20.0. The fourth-order valence-electron chi connectivity index (χ4n) is 3.24. The van der Waals surface area contributed by atoms with Crippen molar-refractivity contribution < 1.29 is 9.45 Å². The highest BCUT2D eigenvalue weighted by Gasteiger charge is 2.25. The second kappa shape index (κ2) is 7.64. The van der Waals surface area contributed by atoms with Crippen LogP contribution in [0.15, 0.2) is 22.7 Å². The molecular weight excluding hydrogens is 346 g/mol. The van der Waals surface area contributed by atoms with Crippen LogP contribution in [0.3, 0.4) is 0 Å². The molecule has 0 radical (unpaired) electrons. The number of rotatable bonds is 4. The highest BCUT2D eigenvalue weighted by Crippen LogP contribution is 2.30. The van der Waals surface area contributed by atoms with Crippen LogP contribution in [0.5, 0.6) is 0 Å². The SMILES string of the molecule is Cc1ccc(N2CCCN(Cc3noc(C(C)(C)C)n3)CC2)c([N+](=O)[O-])c1. The second-order valence-corrected chi connectivity index (χ2v) is 8.13. The predicted molar refractivity (Wildman–Crippen MR) is 103 cm³/mol. The first-order valence-electron chi connectivity index (χ1n) is 9.29. The van der Waals surface area contributed by atoms with Gasteiger partial charge in [-0.05, 0) is 25.0 Å². The molecule has 8 heteroatoms. The van der Waals surface area contributed by atoms with Crippen LogP contribution in [0.1, 0.15) is 44.5 Å². The molecule has 1 aromatic carbocycles. The molecule has 2 aromatic rings.